The average Bonchev–Trinajstić information content (AvgIpc) is 2.28. The maximum atomic E-state index is 10.9. The van der Waals surface area contributed by atoms with Gasteiger partial charge in [-0.25, -0.2) is 4.98 Å². The van der Waals surface area contributed by atoms with Gasteiger partial charge < -0.3 is 15.0 Å². The summed E-state index contributed by atoms with van der Waals surface area (Å²) in [5, 5.41) is 3.07. The van der Waals surface area contributed by atoms with Gasteiger partial charge in [-0.15, -0.1) is 0 Å². The van der Waals surface area contributed by atoms with Crippen LogP contribution in [0.15, 0.2) is 17.2 Å². The zero-order chi connectivity index (χ0) is 11.6. The summed E-state index contributed by atoms with van der Waals surface area (Å²) < 4.78 is 5.41. The molecule has 1 rings (SSSR count). The van der Waals surface area contributed by atoms with Gasteiger partial charge in [0.2, 0.25) is 0 Å². The molecule has 2 N–H and O–H groups in total. The van der Waals surface area contributed by atoms with E-state index >= 15 is 0 Å². The van der Waals surface area contributed by atoms with Gasteiger partial charge in [0.05, 0.1) is 6.33 Å². The average molecular weight is 225 g/mol. The van der Waals surface area contributed by atoms with Crippen molar-refractivity contribution in [2.45, 2.75) is 26.2 Å². The number of anilines is 1. The first-order chi connectivity index (χ1) is 7.83. The number of unbranched alkanes of at least 4 members (excludes halogenated alkanes) is 1. The third-order valence-corrected chi connectivity index (χ3v) is 2.09. The van der Waals surface area contributed by atoms with Gasteiger partial charge in [-0.2, -0.15) is 0 Å². The predicted molar refractivity (Wildman–Crippen MR) is 63.7 cm³/mol. The third kappa shape index (κ3) is 5.50. The van der Waals surface area contributed by atoms with Crippen molar-refractivity contribution in [1.29, 1.82) is 0 Å². The molecular formula is C11H19N3O2. The monoisotopic (exact) mass is 225 g/mol. The fourth-order valence-corrected chi connectivity index (χ4v) is 1.20. The van der Waals surface area contributed by atoms with Crippen LogP contribution in [0.5, 0.6) is 0 Å². The van der Waals surface area contributed by atoms with Gasteiger partial charge in [0.1, 0.15) is 5.82 Å². The molecule has 16 heavy (non-hydrogen) atoms. The number of aromatic amines is 1. The zero-order valence-corrected chi connectivity index (χ0v) is 9.66. The van der Waals surface area contributed by atoms with Gasteiger partial charge in [-0.3, -0.25) is 4.79 Å². The highest BCUT2D eigenvalue weighted by Crippen LogP contribution is 1.95. The van der Waals surface area contributed by atoms with Crippen LogP contribution in [0.4, 0.5) is 5.82 Å². The second kappa shape index (κ2) is 7.87. The van der Waals surface area contributed by atoms with Crippen LogP contribution in [0.3, 0.4) is 0 Å². The highest BCUT2D eigenvalue weighted by molar-refractivity contribution is 5.31. The maximum absolute atomic E-state index is 10.9. The van der Waals surface area contributed by atoms with Crippen molar-refractivity contribution in [2.75, 3.05) is 25.1 Å². The van der Waals surface area contributed by atoms with E-state index in [9.17, 15) is 4.79 Å². The molecule has 0 saturated carbocycles. The van der Waals surface area contributed by atoms with Crippen molar-refractivity contribution < 1.29 is 4.74 Å². The number of hydrogen-bond acceptors (Lipinski definition) is 4. The fraction of sp³-hybridized carbons (Fsp3) is 0.636. The topological polar surface area (TPSA) is 67.0 Å². The van der Waals surface area contributed by atoms with E-state index in [0.717, 1.165) is 39.0 Å². The summed E-state index contributed by atoms with van der Waals surface area (Å²) in [5.41, 5.74) is -0.142. The second-order valence-electron chi connectivity index (χ2n) is 3.54. The van der Waals surface area contributed by atoms with Gasteiger partial charge in [0.25, 0.3) is 5.56 Å². The SMILES string of the molecule is CCCCOCCCNc1cc(=O)[nH]cn1. The van der Waals surface area contributed by atoms with Crippen molar-refractivity contribution in [3.63, 3.8) is 0 Å². The fourth-order valence-electron chi connectivity index (χ4n) is 1.20. The highest BCUT2D eigenvalue weighted by Gasteiger charge is 1.93. The molecule has 1 aromatic heterocycles. The Labute approximate surface area is 95.3 Å². The molecule has 5 heteroatoms. The standard InChI is InChI=1S/C11H19N3O2/c1-2-3-6-16-7-4-5-12-10-8-11(15)14-9-13-10/h8-9H,2-7H2,1H3,(H2,12,13,14,15). The van der Waals surface area contributed by atoms with Gasteiger partial charge in [-0.1, -0.05) is 13.3 Å². The number of H-pyrrole nitrogens is 1. The van der Waals surface area contributed by atoms with Crippen molar-refractivity contribution in [3.8, 4) is 0 Å². The van der Waals surface area contributed by atoms with Crippen LogP contribution in [0.2, 0.25) is 0 Å². The summed E-state index contributed by atoms with van der Waals surface area (Å²) in [6.07, 6.45) is 4.58. The lowest BCUT2D eigenvalue weighted by atomic mass is 10.3. The molecule has 0 fully saturated rings. The van der Waals surface area contributed by atoms with Crippen LogP contribution in [-0.4, -0.2) is 29.7 Å². The van der Waals surface area contributed by atoms with E-state index in [2.05, 4.69) is 22.2 Å². The van der Waals surface area contributed by atoms with Crippen molar-refractivity contribution >= 4 is 5.82 Å². The zero-order valence-electron chi connectivity index (χ0n) is 9.66. The van der Waals surface area contributed by atoms with Crippen LogP contribution in [-0.2, 0) is 4.74 Å². The van der Waals surface area contributed by atoms with E-state index < -0.39 is 0 Å². The largest absolute Gasteiger partial charge is 0.381 e. The third-order valence-electron chi connectivity index (χ3n) is 2.09. The molecule has 0 aliphatic heterocycles. The minimum atomic E-state index is -0.142. The molecule has 0 unspecified atom stereocenters. The number of ether oxygens (including phenoxy) is 1. The molecule has 0 spiro atoms. The first-order valence-corrected chi connectivity index (χ1v) is 5.69. The number of rotatable bonds is 8. The number of nitrogens with zero attached hydrogens (tertiary/aromatic N) is 1. The molecule has 5 nitrogen and oxygen atoms in total. The summed E-state index contributed by atoms with van der Waals surface area (Å²) >= 11 is 0. The number of nitrogens with one attached hydrogen (secondary N) is 2. The molecule has 0 saturated heterocycles. The highest BCUT2D eigenvalue weighted by atomic mass is 16.5. The Balaban J connectivity index is 2.05. The molecule has 0 aliphatic rings. The van der Waals surface area contributed by atoms with Crippen molar-refractivity contribution in [3.05, 3.63) is 22.7 Å². The van der Waals surface area contributed by atoms with E-state index in [1.165, 1.54) is 12.4 Å². The minimum Gasteiger partial charge on any atom is -0.381 e. The van der Waals surface area contributed by atoms with Crippen molar-refractivity contribution in [1.82, 2.24) is 9.97 Å². The van der Waals surface area contributed by atoms with Crippen LogP contribution < -0.4 is 10.9 Å². The summed E-state index contributed by atoms with van der Waals surface area (Å²) in [6.45, 7) is 4.49. The Kier molecular flexibility index (Phi) is 6.25. The molecule has 0 atom stereocenters. The van der Waals surface area contributed by atoms with Crippen LogP contribution >= 0.6 is 0 Å². The lowest BCUT2D eigenvalue weighted by Crippen LogP contribution is -2.11. The summed E-state index contributed by atoms with van der Waals surface area (Å²) in [7, 11) is 0. The van der Waals surface area contributed by atoms with Crippen molar-refractivity contribution in [2.24, 2.45) is 0 Å². The molecule has 0 radical (unpaired) electrons. The molecule has 1 aromatic rings. The van der Waals surface area contributed by atoms with Crippen LogP contribution in [0.25, 0.3) is 0 Å². The lowest BCUT2D eigenvalue weighted by molar-refractivity contribution is 0.131. The number of hydrogen-bond donors (Lipinski definition) is 2. The summed E-state index contributed by atoms with van der Waals surface area (Å²) in [6, 6.07) is 1.44. The van der Waals surface area contributed by atoms with Gasteiger partial charge in [0.15, 0.2) is 0 Å². The quantitative estimate of drug-likeness (QED) is 0.656. The molecule has 0 aromatic carbocycles. The van der Waals surface area contributed by atoms with E-state index in [-0.39, 0.29) is 5.56 Å². The van der Waals surface area contributed by atoms with Gasteiger partial charge in [-0.05, 0) is 12.8 Å². The van der Waals surface area contributed by atoms with E-state index in [1.807, 2.05) is 0 Å². The molecular weight excluding hydrogens is 206 g/mol. The Morgan fingerprint density at radius 3 is 3.00 bits per heavy atom. The first kappa shape index (κ1) is 12.7. The summed E-state index contributed by atoms with van der Waals surface area (Å²) in [4.78, 5) is 17.4. The molecule has 0 aliphatic carbocycles. The first-order valence-electron chi connectivity index (χ1n) is 5.69. The molecule has 90 valence electrons. The number of aromatic nitrogens is 2. The van der Waals surface area contributed by atoms with Crippen LogP contribution in [0, 0.1) is 0 Å². The van der Waals surface area contributed by atoms with Gasteiger partial charge >= 0.3 is 0 Å². The van der Waals surface area contributed by atoms with Gasteiger partial charge in [0, 0.05) is 25.8 Å². The predicted octanol–water partition coefficient (Wildman–Crippen LogP) is 1.39. The Hall–Kier alpha value is -1.36. The molecule has 0 amide bonds. The molecule has 1 heterocycles. The Morgan fingerprint density at radius 2 is 2.25 bits per heavy atom. The van der Waals surface area contributed by atoms with E-state index in [4.69, 9.17) is 4.74 Å². The smallest absolute Gasteiger partial charge is 0.252 e. The van der Waals surface area contributed by atoms with E-state index in [0.29, 0.717) is 5.82 Å². The Morgan fingerprint density at radius 1 is 1.44 bits per heavy atom. The lowest BCUT2D eigenvalue weighted by Gasteiger charge is -2.05. The van der Waals surface area contributed by atoms with E-state index in [1.54, 1.807) is 0 Å². The minimum absolute atomic E-state index is 0.142. The maximum Gasteiger partial charge on any atom is 0.252 e. The Bertz CT molecular complexity index is 338. The summed E-state index contributed by atoms with van der Waals surface area (Å²) in [5.74, 6) is 0.609. The molecule has 0 bridgehead atoms. The van der Waals surface area contributed by atoms with Crippen LogP contribution in [0.1, 0.15) is 26.2 Å². The normalized spacial score (nSPS) is 10.3. The second-order valence-corrected chi connectivity index (χ2v) is 3.54.